The van der Waals surface area contributed by atoms with E-state index in [1.807, 2.05) is 36.4 Å². The molecular weight excluding hydrogens is 485 g/mol. The van der Waals surface area contributed by atoms with Gasteiger partial charge in [0, 0.05) is 27.5 Å². The van der Waals surface area contributed by atoms with Gasteiger partial charge < -0.3 is 14.4 Å². The molecule has 4 nitrogen and oxygen atoms in total. The van der Waals surface area contributed by atoms with E-state index >= 15 is 0 Å². The third-order valence-electron chi connectivity index (χ3n) is 5.51. The number of nitrogens with zero attached hydrogens (tertiary/aromatic N) is 1. The lowest BCUT2D eigenvalue weighted by molar-refractivity contribution is 0.0526. The molecule has 4 rings (SSSR count). The molecule has 3 aromatic rings. The smallest absolute Gasteiger partial charge is 0.338 e. The highest BCUT2D eigenvalue weighted by Crippen LogP contribution is 2.40. The molecule has 170 valence electrons. The van der Waals surface area contributed by atoms with E-state index in [0.29, 0.717) is 18.8 Å². The summed E-state index contributed by atoms with van der Waals surface area (Å²) >= 11 is 3.58. The molecule has 0 fully saturated rings. The molecule has 0 amide bonds. The molecule has 33 heavy (non-hydrogen) atoms. The Hall–Kier alpha value is -3.12. The van der Waals surface area contributed by atoms with Crippen LogP contribution in [0.3, 0.4) is 0 Å². The first-order valence-electron chi connectivity index (χ1n) is 10.9. The Morgan fingerprint density at radius 1 is 1.12 bits per heavy atom. The SMILES string of the molecule is CCOC(=O)c1cccc(N2C(c3cc(Br)ccc3OCc3ccc(F)cc3)=CCC2C)c1. The summed E-state index contributed by atoms with van der Waals surface area (Å²) in [5.74, 6) is 0.130. The van der Waals surface area contributed by atoms with E-state index in [0.717, 1.165) is 39.2 Å². The van der Waals surface area contributed by atoms with Crippen molar-refractivity contribution in [1.82, 2.24) is 0 Å². The molecule has 6 heteroatoms. The van der Waals surface area contributed by atoms with Crippen LogP contribution in [0.2, 0.25) is 0 Å². The summed E-state index contributed by atoms with van der Waals surface area (Å²) in [5, 5.41) is 0. The Labute approximate surface area is 201 Å². The number of halogens is 2. The van der Waals surface area contributed by atoms with E-state index in [4.69, 9.17) is 9.47 Å². The molecule has 0 saturated heterocycles. The first-order valence-corrected chi connectivity index (χ1v) is 11.7. The molecule has 1 atom stereocenters. The van der Waals surface area contributed by atoms with Crippen LogP contribution in [0.1, 0.15) is 41.8 Å². The maximum Gasteiger partial charge on any atom is 0.338 e. The molecule has 0 radical (unpaired) electrons. The second-order valence-electron chi connectivity index (χ2n) is 7.87. The van der Waals surface area contributed by atoms with Crippen molar-refractivity contribution in [3.05, 3.63) is 99.8 Å². The zero-order valence-electron chi connectivity index (χ0n) is 18.6. The molecule has 1 aliphatic heterocycles. The lowest BCUT2D eigenvalue weighted by Crippen LogP contribution is -2.27. The van der Waals surface area contributed by atoms with Gasteiger partial charge in [-0.2, -0.15) is 0 Å². The van der Waals surface area contributed by atoms with Gasteiger partial charge in [0.2, 0.25) is 0 Å². The Morgan fingerprint density at radius 2 is 1.91 bits per heavy atom. The Bertz CT molecular complexity index is 1180. The first kappa shape index (κ1) is 23.1. The Morgan fingerprint density at radius 3 is 2.67 bits per heavy atom. The number of esters is 1. The van der Waals surface area contributed by atoms with Crippen LogP contribution >= 0.6 is 15.9 Å². The Balaban J connectivity index is 1.65. The van der Waals surface area contributed by atoms with Crippen LogP contribution < -0.4 is 9.64 Å². The van der Waals surface area contributed by atoms with Crippen LogP contribution in [-0.2, 0) is 11.3 Å². The monoisotopic (exact) mass is 509 g/mol. The van der Waals surface area contributed by atoms with Gasteiger partial charge in [-0.25, -0.2) is 9.18 Å². The molecule has 1 aliphatic rings. The van der Waals surface area contributed by atoms with Crippen LogP contribution in [0.4, 0.5) is 10.1 Å². The van der Waals surface area contributed by atoms with Crippen molar-refractivity contribution in [1.29, 1.82) is 0 Å². The van der Waals surface area contributed by atoms with E-state index in [9.17, 15) is 9.18 Å². The van der Waals surface area contributed by atoms with E-state index < -0.39 is 0 Å². The van der Waals surface area contributed by atoms with Crippen LogP contribution in [0, 0.1) is 5.82 Å². The van der Waals surface area contributed by atoms with Gasteiger partial charge in [-0.15, -0.1) is 0 Å². The molecule has 0 spiro atoms. The fourth-order valence-corrected chi connectivity index (χ4v) is 4.28. The fourth-order valence-electron chi connectivity index (χ4n) is 3.92. The molecule has 0 aliphatic carbocycles. The molecule has 1 unspecified atom stereocenters. The van der Waals surface area contributed by atoms with Crippen molar-refractivity contribution < 1.29 is 18.7 Å². The molecule has 1 heterocycles. The number of carbonyl (C=O) groups is 1. The van der Waals surface area contributed by atoms with Crippen LogP contribution in [0.15, 0.2) is 77.3 Å². The minimum absolute atomic E-state index is 0.210. The van der Waals surface area contributed by atoms with Gasteiger partial charge in [0.15, 0.2) is 0 Å². The van der Waals surface area contributed by atoms with Gasteiger partial charge in [-0.05, 0) is 74.4 Å². The lowest BCUT2D eigenvalue weighted by atomic mass is 10.1. The van der Waals surface area contributed by atoms with Gasteiger partial charge in [0.25, 0.3) is 0 Å². The highest BCUT2D eigenvalue weighted by atomic mass is 79.9. The number of hydrogen-bond acceptors (Lipinski definition) is 4. The summed E-state index contributed by atoms with van der Waals surface area (Å²) in [7, 11) is 0. The quantitative estimate of drug-likeness (QED) is 0.322. The molecule has 0 saturated carbocycles. The average molecular weight is 510 g/mol. The minimum Gasteiger partial charge on any atom is -0.488 e. The summed E-state index contributed by atoms with van der Waals surface area (Å²) in [4.78, 5) is 14.5. The zero-order chi connectivity index (χ0) is 23.4. The van der Waals surface area contributed by atoms with E-state index in [2.05, 4.69) is 33.8 Å². The first-order chi connectivity index (χ1) is 16.0. The summed E-state index contributed by atoms with van der Waals surface area (Å²) in [6, 6.07) is 19.9. The highest BCUT2D eigenvalue weighted by Gasteiger charge is 2.28. The number of ether oxygens (including phenoxy) is 2. The summed E-state index contributed by atoms with van der Waals surface area (Å²) in [6.07, 6.45) is 3.05. The molecule has 3 aromatic carbocycles. The molecule has 0 N–H and O–H groups in total. The van der Waals surface area contributed by atoms with Crippen LogP contribution in [0.25, 0.3) is 5.70 Å². The van der Waals surface area contributed by atoms with E-state index in [-0.39, 0.29) is 17.8 Å². The van der Waals surface area contributed by atoms with Crippen molar-refractivity contribution in [2.45, 2.75) is 32.9 Å². The van der Waals surface area contributed by atoms with Gasteiger partial charge >= 0.3 is 5.97 Å². The summed E-state index contributed by atoms with van der Waals surface area (Å²) in [5.41, 5.74) is 4.28. The third kappa shape index (κ3) is 5.28. The third-order valence-corrected chi connectivity index (χ3v) is 6.01. The van der Waals surface area contributed by atoms with Crippen molar-refractivity contribution in [3.63, 3.8) is 0 Å². The second kappa shape index (κ2) is 10.2. The lowest BCUT2D eigenvalue weighted by Gasteiger charge is -2.29. The normalized spacial score (nSPS) is 15.3. The average Bonchev–Trinajstić information content (AvgIpc) is 3.20. The number of carbonyl (C=O) groups excluding carboxylic acids is 1. The van der Waals surface area contributed by atoms with Gasteiger partial charge in [-0.1, -0.05) is 40.2 Å². The van der Waals surface area contributed by atoms with Gasteiger partial charge in [0.1, 0.15) is 18.2 Å². The van der Waals surface area contributed by atoms with Crippen molar-refractivity contribution in [2.24, 2.45) is 0 Å². The summed E-state index contributed by atoms with van der Waals surface area (Å²) < 4.78 is 25.5. The second-order valence-corrected chi connectivity index (χ2v) is 8.79. The number of benzene rings is 3. The fraction of sp³-hybridized carbons (Fsp3) is 0.222. The maximum atomic E-state index is 13.2. The highest BCUT2D eigenvalue weighted by molar-refractivity contribution is 9.10. The number of rotatable bonds is 7. The number of hydrogen-bond donors (Lipinski definition) is 0. The molecular formula is C27H25BrFNO3. The predicted molar refractivity (Wildman–Crippen MR) is 132 cm³/mol. The summed E-state index contributed by atoms with van der Waals surface area (Å²) in [6.45, 7) is 4.61. The molecule has 0 aromatic heterocycles. The van der Waals surface area contributed by atoms with Crippen molar-refractivity contribution in [3.8, 4) is 5.75 Å². The number of anilines is 1. The maximum absolute atomic E-state index is 13.2. The van der Waals surface area contributed by atoms with Crippen LogP contribution in [0.5, 0.6) is 5.75 Å². The zero-order valence-corrected chi connectivity index (χ0v) is 20.1. The predicted octanol–water partition coefficient (Wildman–Crippen LogP) is 6.98. The largest absolute Gasteiger partial charge is 0.488 e. The minimum atomic E-state index is -0.331. The standard InChI is InChI=1S/C27H25BrFNO3/c1-3-32-27(31)20-5-4-6-23(15-20)30-18(2)7-13-25(30)24-16-21(28)10-14-26(24)33-17-19-8-11-22(29)12-9-19/h4-6,8-16,18H,3,7,17H2,1-2H3. The van der Waals surface area contributed by atoms with Crippen LogP contribution in [-0.4, -0.2) is 18.6 Å². The van der Waals surface area contributed by atoms with Crippen molar-refractivity contribution in [2.75, 3.05) is 11.5 Å². The Kier molecular flexibility index (Phi) is 7.14. The van der Waals surface area contributed by atoms with E-state index in [1.54, 1.807) is 25.1 Å². The van der Waals surface area contributed by atoms with Crippen molar-refractivity contribution >= 4 is 33.3 Å². The molecule has 0 bridgehead atoms. The van der Waals surface area contributed by atoms with Gasteiger partial charge in [0.05, 0.1) is 12.2 Å². The topological polar surface area (TPSA) is 38.8 Å². The van der Waals surface area contributed by atoms with E-state index in [1.165, 1.54) is 12.1 Å². The van der Waals surface area contributed by atoms with Gasteiger partial charge in [-0.3, -0.25) is 0 Å².